The molecule has 1 aliphatic rings. The second kappa shape index (κ2) is 8.39. The highest BCUT2D eigenvalue weighted by molar-refractivity contribution is 6.18. The van der Waals surface area contributed by atoms with Crippen molar-refractivity contribution in [3.8, 4) is 11.4 Å². The van der Waals surface area contributed by atoms with E-state index in [4.69, 9.17) is 4.42 Å². The molecule has 0 bridgehead atoms. The summed E-state index contributed by atoms with van der Waals surface area (Å²) < 4.78 is 6.93. The zero-order valence-corrected chi connectivity index (χ0v) is 16.8. The Morgan fingerprint density at radius 2 is 1.90 bits per heavy atom. The van der Waals surface area contributed by atoms with Gasteiger partial charge in [0.25, 0.3) is 5.91 Å². The van der Waals surface area contributed by atoms with Crippen molar-refractivity contribution in [2.75, 3.05) is 0 Å². The first kappa shape index (κ1) is 19.0. The van der Waals surface area contributed by atoms with E-state index in [2.05, 4.69) is 33.0 Å². The number of aromatic nitrogens is 4. The molecule has 7 heteroatoms. The van der Waals surface area contributed by atoms with E-state index < -0.39 is 0 Å². The normalized spacial score (nSPS) is 16.0. The average molecular weight is 411 g/mol. The van der Waals surface area contributed by atoms with Crippen LogP contribution in [0.1, 0.15) is 35.8 Å². The molecule has 2 aromatic carbocycles. The molecule has 0 fully saturated rings. The fourth-order valence-electron chi connectivity index (χ4n) is 3.98. The first-order valence-corrected chi connectivity index (χ1v) is 10.3. The molecule has 154 valence electrons. The highest BCUT2D eigenvalue weighted by Crippen LogP contribution is 2.30. The van der Waals surface area contributed by atoms with Crippen LogP contribution in [0.5, 0.6) is 0 Å². The van der Waals surface area contributed by atoms with Gasteiger partial charge in [-0.05, 0) is 52.9 Å². The second-order valence-corrected chi connectivity index (χ2v) is 7.44. The van der Waals surface area contributed by atoms with Crippen LogP contribution in [0.3, 0.4) is 0 Å². The molecule has 2 heterocycles. The predicted octanol–water partition coefficient (Wildman–Crippen LogP) is 4.13. The number of tetrazole rings is 1. The molecular weight excluding hydrogens is 390 g/mol. The van der Waals surface area contributed by atoms with Crippen molar-refractivity contribution in [3.05, 3.63) is 89.9 Å². The number of hydrogen-bond acceptors (Lipinski definition) is 5. The summed E-state index contributed by atoms with van der Waals surface area (Å²) in [5.74, 6) is 0.767. The van der Waals surface area contributed by atoms with Gasteiger partial charge in [0.15, 0.2) is 5.82 Å². The molecule has 0 spiro atoms. The van der Waals surface area contributed by atoms with Gasteiger partial charge in [-0.1, -0.05) is 54.6 Å². The van der Waals surface area contributed by atoms with E-state index in [0.717, 1.165) is 24.8 Å². The summed E-state index contributed by atoms with van der Waals surface area (Å²) in [4.78, 5) is 13.5. The first-order valence-electron chi connectivity index (χ1n) is 10.3. The lowest BCUT2D eigenvalue weighted by molar-refractivity contribution is -0.116. The van der Waals surface area contributed by atoms with Crippen molar-refractivity contribution in [1.29, 1.82) is 0 Å². The third-order valence-corrected chi connectivity index (χ3v) is 5.46. The van der Waals surface area contributed by atoms with Gasteiger partial charge >= 0.3 is 0 Å². The Morgan fingerprint density at radius 3 is 2.74 bits per heavy atom. The van der Waals surface area contributed by atoms with Crippen LogP contribution in [-0.4, -0.2) is 26.1 Å². The van der Waals surface area contributed by atoms with Crippen LogP contribution >= 0.6 is 0 Å². The minimum absolute atomic E-state index is 0.0610. The van der Waals surface area contributed by atoms with Gasteiger partial charge in [0.2, 0.25) is 0 Å². The Bertz CT molecular complexity index is 1210. The number of rotatable bonds is 5. The van der Waals surface area contributed by atoms with Crippen LogP contribution in [0.15, 0.2) is 77.4 Å². The maximum absolute atomic E-state index is 13.5. The van der Waals surface area contributed by atoms with Gasteiger partial charge < -0.3 is 9.73 Å². The monoisotopic (exact) mass is 411 g/mol. The molecule has 31 heavy (non-hydrogen) atoms. The molecule has 1 unspecified atom stereocenters. The standard InChI is InChI=1S/C24H21N5O2/c30-24(25-21-14-6-11-17-8-4-5-13-20(17)21)22(16-19-12-7-15-31-19)29-23(26-27-28-29)18-9-2-1-3-10-18/h1-5,7-10,12-13,15-16,21H,6,11,14H2,(H,25,30). The van der Waals surface area contributed by atoms with Gasteiger partial charge in [-0.2, -0.15) is 4.68 Å². The highest BCUT2D eigenvalue weighted by atomic mass is 16.3. The largest absolute Gasteiger partial charge is 0.465 e. The van der Waals surface area contributed by atoms with Crippen molar-refractivity contribution in [3.63, 3.8) is 0 Å². The predicted molar refractivity (Wildman–Crippen MR) is 116 cm³/mol. The Kier molecular flexibility index (Phi) is 5.14. The van der Waals surface area contributed by atoms with Crippen molar-refractivity contribution in [2.45, 2.75) is 25.3 Å². The molecular formula is C24H21N5O2. The summed E-state index contributed by atoms with van der Waals surface area (Å²) in [6.45, 7) is 0. The van der Waals surface area contributed by atoms with Gasteiger partial charge in [-0.25, -0.2) is 0 Å². The van der Waals surface area contributed by atoms with Crippen molar-refractivity contribution >= 4 is 17.7 Å². The summed E-state index contributed by atoms with van der Waals surface area (Å²) in [5.41, 5.74) is 3.55. The van der Waals surface area contributed by atoms with Gasteiger partial charge in [0.1, 0.15) is 11.5 Å². The fourth-order valence-corrected chi connectivity index (χ4v) is 3.98. The highest BCUT2D eigenvalue weighted by Gasteiger charge is 2.25. The first-order chi connectivity index (χ1) is 15.3. The topological polar surface area (TPSA) is 85.8 Å². The van der Waals surface area contributed by atoms with Gasteiger partial charge in [-0.3, -0.25) is 4.79 Å². The number of benzene rings is 2. The number of carbonyl (C=O) groups is 1. The lowest BCUT2D eigenvalue weighted by atomic mass is 9.87. The van der Waals surface area contributed by atoms with E-state index in [-0.39, 0.29) is 11.9 Å². The number of furan rings is 1. The van der Waals surface area contributed by atoms with E-state index in [1.54, 1.807) is 24.5 Å². The lowest BCUT2D eigenvalue weighted by Crippen LogP contribution is -2.33. The molecule has 2 aromatic heterocycles. The summed E-state index contributed by atoms with van der Waals surface area (Å²) in [7, 11) is 0. The lowest BCUT2D eigenvalue weighted by Gasteiger charge is -2.26. The van der Waals surface area contributed by atoms with E-state index in [0.29, 0.717) is 17.3 Å². The Morgan fingerprint density at radius 1 is 1.06 bits per heavy atom. The molecule has 1 amide bonds. The quantitative estimate of drug-likeness (QED) is 0.499. The maximum Gasteiger partial charge on any atom is 0.270 e. The van der Waals surface area contributed by atoms with E-state index >= 15 is 0 Å². The Hall–Kier alpha value is -4.00. The molecule has 0 radical (unpaired) electrons. The van der Waals surface area contributed by atoms with E-state index in [1.807, 2.05) is 42.5 Å². The minimum atomic E-state index is -0.261. The number of fused-ring (bicyclic) bond motifs is 1. The molecule has 5 rings (SSSR count). The Labute approximate surface area is 179 Å². The fraction of sp³-hybridized carbons (Fsp3) is 0.167. The molecule has 0 aliphatic heterocycles. The summed E-state index contributed by atoms with van der Waals surface area (Å²) >= 11 is 0. The molecule has 1 atom stereocenters. The molecule has 1 aliphatic carbocycles. The summed E-state index contributed by atoms with van der Waals surface area (Å²) in [5, 5.41) is 15.3. The number of amides is 1. The summed E-state index contributed by atoms with van der Waals surface area (Å²) in [6.07, 6.45) is 6.17. The molecule has 1 N–H and O–H groups in total. The van der Waals surface area contributed by atoms with Crippen molar-refractivity contribution < 1.29 is 9.21 Å². The van der Waals surface area contributed by atoms with Crippen LogP contribution in [0.2, 0.25) is 0 Å². The number of aryl methyl sites for hydroxylation is 1. The van der Waals surface area contributed by atoms with Crippen LogP contribution in [-0.2, 0) is 11.2 Å². The third-order valence-electron chi connectivity index (χ3n) is 5.46. The van der Waals surface area contributed by atoms with Crippen LogP contribution in [0.4, 0.5) is 0 Å². The smallest absolute Gasteiger partial charge is 0.270 e. The molecule has 4 aromatic rings. The zero-order valence-electron chi connectivity index (χ0n) is 16.8. The molecule has 7 nitrogen and oxygen atoms in total. The number of nitrogens with zero attached hydrogens (tertiary/aromatic N) is 4. The minimum Gasteiger partial charge on any atom is -0.465 e. The second-order valence-electron chi connectivity index (χ2n) is 7.44. The molecule has 0 saturated heterocycles. The maximum atomic E-state index is 13.5. The van der Waals surface area contributed by atoms with Crippen molar-refractivity contribution in [2.24, 2.45) is 0 Å². The van der Waals surface area contributed by atoms with Crippen molar-refractivity contribution in [1.82, 2.24) is 25.5 Å². The summed E-state index contributed by atoms with van der Waals surface area (Å²) in [6, 6.07) is 21.3. The van der Waals surface area contributed by atoms with Crippen LogP contribution in [0, 0.1) is 0 Å². The van der Waals surface area contributed by atoms with Crippen LogP contribution < -0.4 is 5.32 Å². The van der Waals surface area contributed by atoms with E-state index in [9.17, 15) is 4.79 Å². The molecule has 0 saturated carbocycles. The SMILES string of the molecule is O=C(NC1CCCc2ccccc21)C(=Cc1ccco1)n1nnnc1-c1ccccc1. The average Bonchev–Trinajstić information content (AvgIpc) is 3.50. The Balaban J connectivity index is 1.52. The van der Waals surface area contributed by atoms with E-state index in [1.165, 1.54) is 15.8 Å². The van der Waals surface area contributed by atoms with Gasteiger partial charge in [0, 0.05) is 11.6 Å². The third kappa shape index (κ3) is 3.90. The van der Waals surface area contributed by atoms with Gasteiger partial charge in [-0.15, -0.1) is 5.10 Å². The number of carbonyl (C=O) groups excluding carboxylic acids is 1. The number of hydrogen-bond donors (Lipinski definition) is 1. The van der Waals surface area contributed by atoms with Crippen LogP contribution in [0.25, 0.3) is 23.2 Å². The van der Waals surface area contributed by atoms with Gasteiger partial charge in [0.05, 0.1) is 12.3 Å². The number of nitrogens with one attached hydrogen (secondary N) is 1. The zero-order chi connectivity index (χ0) is 21.0.